The fraction of sp³-hybridized carbons (Fsp3) is 0.429. The Hall–Kier alpha value is -2.40. The Morgan fingerprint density at radius 1 is 0.885 bits per heavy atom. The van der Waals surface area contributed by atoms with Crippen LogP contribution in [0.15, 0.2) is 42.5 Å². The molecular weight excluding hydrogens is 326 g/mol. The second-order valence-electron chi connectivity index (χ2n) is 7.47. The van der Waals surface area contributed by atoms with E-state index in [0.29, 0.717) is 6.54 Å². The number of hydrogen-bond donors (Lipinski definition) is 3. The molecule has 3 N–H and O–H groups in total. The maximum Gasteiger partial charge on any atom is 0.239 e. The number of nitrogens with one attached hydrogen (secondary N) is 3. The summed E-state index contributed by atoms with van der Waals surface area (Å²) in [4.78, 5) is 24.0. The van der Waals surface area contributed by atoms with Crippen molar-refractivity contribution in [3.63, 3.8) is 0 Å². The fourth-order valence-electron chi connectivity index (χ4n) is 2.70. The van der Waals surface area contributed by atoms with E-state index in [0.717, 1.165) is 29.3 Å². The summed E-state index contributed by atoms with van der Waals surface area (Å²) in [5.41, 5.74) is 1.05. The average Bonchev–Trinajstić information content (AvgIpc) is 2.59. The van der Waals surface area contributed by atoms with Crippen LogP contribution in [0, 0.1) is 0 Å². The molecule has 0 aliphatic carbocycles. The molecule has 26 heavy (non-hydrogen) atoms. The summed E-state index contributed by atoms with van der Waals surface area (Å²) < 4.78 is 0. The van der Waals surface area contributed by atoms with Crippen LogP contribution in [-0.4, -0.2) is 37.0 Å². The quantitative estimate of drug-likeness (QED) is 0.637. The SMILES string of the molecule is CC(C)(C)NCCCNC(=O)CNC(=O)Cc1cccc2ccccc12. The maximum absolute atomic E-state index is 12.1. The van der Waals surface area contributed by atoms with Crippen LogP contribution in [0.5, 0.6) is 0 Å². The van der Waals surface area contributed by atoms with Crippen LogP contribution < -0.4 is 16.0 Å². The highest BCUT2D eigenvalue weighted by Gasteiger charge is 2.09. The highest BCUT2D eigenvalue weighted by molar-refractivity contribution is 5.91. The molecule has 0 aromatic heterocycles. The van der Waals surface area contributed by atoms with Gasteiger partial charge >= 0.3 is 0 Å². The average molecular weight is 355 g/mol. The lowest BCUT2D eigenvalue weighted by Crippen LogP contribution is -2.40. The molecule has 0 saturated carbocycles. The van der Waals surface area contributed by atoms with Crippen molar-refractivity contribution >= 4 is 22.6 Å². The molecule has 2 rings (SSSR count). The van der Waals surface area contributed by atoms with E-state index in [2.05, 4.69) is 36.7 Å². The van der Waals surface area contributed by atoms with Gasteiger partial charge in [-0.1, -0.05) is 42.5 Å². The standard InChI is InChI=1S/C21H29N3O2/c1-21(2,3)24-13-7-12-22-20(26)15-23-19(25)14-17-10-6-9-16-8-4-5-11-18(16)17/h4-6,8-11,24H,7,12-15H2,1-3H3,(H,22,26)(H,23,25). The smallest absolute Gasteiger partial charge is 0.239 e. The molecule has 0 unspecified atom stereocenters. The third-order valence-electron chi connectivity index (χ3n) is 4.01. The Balaban J connectivity index is 1.70. The number of carbonyl (C=O) groups excluding carboxylic acids is 2. The third-order valence-corrected chi connectivity index (χ3v) is 4.01. The zero-order valence-electron chi connectivity index (χ0n) is 15.9. The minimum Gasteiger partial charge on any atom is -0.355 e. The summed E-state index contributed by atoms with van der Waals surface area (Å²) in [5, 5.41) is 11.1. The van der Waals surface area contributed by atoms with Gasteiger partial charge in [0.2, 0.25) is 11.8 Å². The molecule has 0 atom stereocenters. The minimum atomic E-state index is -0.160. The van der Waals surface area contributed by atoms with E-state index in [9.17, 15) is 9.59 Å². The van der Waals surface area contributed by atoms with Gasteiger partial charge in [0.1, 0.15) is 0 Å². The molecule has 0 heterocycles. The predicted molar refractivity (Wildman–Crippen MR) is 106 cm³/mol. The van der Waals surface area contributed by atoms with Gasteiger partial charge in [0, 0.05) is 12.1 Å². The van der Waals surface area contributed by atoms with Gasteiger partial charge in [-0.05, 0) is 50.1 Å². The second kappa shape index (κ2) is 9.34. The van der Waals surface area contributed by atoms with Crippen LogP contribution in [0.3, 0.4) is 0 Å². The largest absolute Gasteiger partial charge is 0.355 e. The Labute approximate surface area is 155 Å². The van der Waals surface area contributed by atoms with Crippen LogP contribution in [-0.2, 0) is 16.0 Å². The Morgan fingerprint density at radius 2 is 1.62 bits per heavy atom. The molecule has 0 aliphatic rings. The van der Waals surface area contributed by atoms with Crippen molar-refractivity contribution in [1.29, 1.82) is 0 Å². The summed E-state index contributed by atoms with van der Waals surface area (Å²) >= 11 is 0. The lowest BCUT2D eigenvalue weighted by Gasteiger charge is -2.20. The van der Waals surface area contributed by atoms with Crippen LogP contribution in [0.25, 0.3) is 10.8 Å². The van der Waals surface area contributed by atoms with E-state index in [1.807, 2.05) is 42.5 Å². The molecule has 140 valence electrons. The summed E-state index contributed by atoms with van der Waals surface area (Å²) in [5.74, 6) is -0.307. The molecule has 2 aromatic rings. The fourth-order valence-corrected chi connectivity index (χ4v) is 2.70. The van der Waals surface area contributed by atoms with Crippen LogP contribution in [0.4, 0.5) is 0 Å². The summed E-state index contributed by atoms with van der Waals surface area (Å²) in [6, 6.07) is 13.9. The van der Waals surface area contributed by atoms with E-state index < -0.39 is 0 Å². The number of hydrogen-bond acceptors (Lipinski definition) is 3. The van der Waals surface area contributed by atoms with Gasteiger partial charge in [-0.3, -0.25) is 9.59 Å². The van der Waals surface area contributed by atoms with E-state index in [1.165, 1.54) is 0 Å². The number of rotatable bonds is 8. The van der Waals surface area contributed by atoms with Crippen LogP contribution in [0.1, 0.15) is 32.8 Å². The molecule has 0 aliphatic heterocycles. The normalized spacial score (nSPS) is 11.3. The van der Waals surface area contributed by atoms with Crippen LogP contribution >= 0.6 is 0 Å². The van der Waals surface area contributed by atoms with E-state index in [4.69, 9.17) is 0 Å². The minimum absolute atomic E-state index is 0.0102. The molecular formula is C21H29N3O2. The first-order valence-corrected chi connectivity index (χ1v) is 9.10. The van der Waals surface area contributed by atoms with E-state index >= 15 is 0 Å². The summed E-state index contributed by atoms with van der Waals surface area (Å²) in [7, 11) is 0. The molecule has 0 saturated heterocycles. The molecule has 5 heteroatoms. The van der Waals surface area contributed by atoms with Crippen molar-refractivity contribution in [3.8, 4) is 0 Å². The summed E-state index contributed by atoms with van der Waals surface area (Å²) in [6.07, 6.45) is 1.12. The van der Waals surface area contributed by atoms with Gasteiger partial charge in [-0.2, -0.15) is 0 Å². The van der Waals surface area contributed by atoms with Crippen molar-refractivity contribution < 1.29 is 9.59 Å². The van der Waals surface area contributed by atoms with Crippen molar-refractivity contribution in [2.45, 2.75) is 39.2 Å². The highest BCUT2D eigenvalue weighted by atomic mass is 16.2. The van der Waals surface area contributed by atoms with Gasteiger partial charge in [-0.25, -0.2) is 0 Å². The lowest BCUT2D eigenvalue weighted by molar-refractivity contribution is -0.125. The Morgan fingerprint density at radius 3 is 2.38 bits per heavy atom. The Kier molecular flexibility index (Phi) is 7.16. The van der Waals surface area contributed by atoms with Gasteiger partial charge in [0.25, 0.3) is 0 Å². The van der Waals surface area contributed by atoms with Crippen molar-refractivity contribution in [2.24, 2.45) is 0 Å². The maximum atomic E-state index is 12.1. The van der Waals surface area contributed by atoms with Crippen molar-refractivity contribution in [3.05, 3.63) is 48.0 Å². The van der Waals surface area contributed by atoms with Crippen molar-refractivity contribution in [1.82, 2.24) is 16.0 Å². The molecule has 2 aromatic carbocycles. The molecule has 5 nitrogen and oxygen atoms in total. The molecule has 0 bridgehead atoms. The third kappa shape index (κ3) is 6.84. The predicted octanol–water partition coefficient (Wildman–Crippen LogP) is 2.39. The van der Waals surface area contributed by atoms with Gasteiger partial charge < -0.3 is 16.0 Å². The Bertz CT molecular complexity index is 745. The van der Waals surface area contributed by atoms with Gasteiger partial charge in [0.05, 0.1) is 13.0 Å². The number of amides is 2. The van der Waals surface area contributed by atoms with Gasteiger partial charge in [-0.15, -0.1) is 0 Å². The number of benzene rings is 2. The monoisotopic (exact) mass is 355 g/mol. The topological polar surface area (TPSA) is 70.2 Å². The summed E-state index contributed by atoms with van der Waals surface area (Å²) in [6.45, 7) is 7.78. The molecule has 0 spiro atoms. The lowest BCUT2D eigenvalue weighted by atomic mass is 10.0. The molecule has 0 radical (unpaired) electrons. The first-order chi connectivity index (χ1) is 12.3. The number of fused-ring (bicyclic) bond motifs is 1. The highest BCUT2D eigenvalue weighted by Crippen LogP contribution is 2.18. The second-order valence-corrected chi connectivity index (χ2v) is 7.47. The zero-order valence-corrected chi connectivity index (χ0v) is 15.9. The van der Waals surface area contributed by atoms with E-state index in [1.54, 1.807) is 0 Å². The van der Waals surface area contributed by atoms with Gasteiger partial charge in [0.15, 0.2) is 0 Å². The van der Waals surface area contributed by atoms with Crippen molar-refractivity contribution in [2.75, 3.05) is 19.6 Å². The van der Waals surface area contributed by atoms with E-state index in [-0.39, 0.29) is 30.3 Å². The zero-order chi connectivity index (χ0) is 19.0. The number of carbonyl (C=O) groups is 2. The first kappa shape index (κ1) is 19.9. The van der Waals surface area contributed by atoms with Crippen LogP contribution in [0.2, 0.25) is 0 Å². The first-order valence-electron chi connectivity index (χ1n) is 9.10. The molecule has 2 amide bonds. The molecule has 0 fully saturated rings.